The summed E-state index contributed by atoms with van der Waals surface area (Å²) in [5, 5.41) is 33.4. The lowest BCUT2D eigenvalue weighted by molar-refractivity contribution is -0.170. The van der Waals surface area contributed by atoms with Crippen molar-refractivity contribution in [2.24, 2.45) is 16.7 Å². The van der Waals surface area contributed by atoms with Crippen LogP contribution in [0.5, 0.6) is 0 Å². The summed E-state index contributed by atoms with van der Waals surface area (Å²) in [5.41, 5.74) is 5.28. The van der Waals surface area contributed by atoms with Crippen molar-refractivity contribution >= 4 is 16.6 Å². The second kappa shape index (κ2) is 6.95. The van der Waals surface area contributed by atoms with Crippen LogP contribution in [-0.4, -0.2) is 74.1 Å². The first-order chi connectivity index (χ1) is 17.0. The van der Waals surface area contributed by atoms with Crippen molar-refractivity contribution in [1.82, 2.24) is 20.3 Å². The van der Waals surface area contributed by atoms with E-state index >= 15 is 0 Å². The van der Waals surface area contributed by atoms with Crippen LogP contribution in [0.1, 0.15) is 52.0 Å². The van der Waals surface area contributed by atoms with E-state index in [-0.39, 0.29) is 28.4 Å². The minimum absolute atomic E-state index is 0.137. The van der Waals surface area contributed by atoms with Crippen LogP contribution in [0.15, 0.2) is 47.6 Å². The van der Waals surface area contributed by atoms with Gasteiger partial charge in [0.2, 0.25) is 0 Å². The van der Waals surface area contributed by atoms with Crippen LogP contribution >= 0.6 is 0 Å². The first kappa shape index (κ1) is 22.8. The molecule has 0 radical (unpaired) electrons. The van der Waals surface area contributed by atoms with Gasteiger partial charge in [-0.25, -0.2) is 0 Å². The maximum atomic E-state index is 11.2. The van der Waals surface area contributed by atoms with E-state index in [2.05, 4.69) is 66.5 Å². The molecule has 7 nitrogen and oxygen atoms in total. The fraction of sp³-hybridized carbons (Fsp3) is 0.586. The zero-order valence-corrected chi connectivity index (χ0v) is 21.7. The quantitative estimate of drug-likeness (QED) is 0.598. The Kier molecular flexibility index (Phi) is 4.41. The van der Waals surface area contributed by atoms with E-state index in [0.29, 0.717) is 6.42 Å². The van der Waals surface area contributed by atoms with Gasteiger partial charge in [0.25, 0.3) is 0 Å². The van der Waals surface area contributed by atoms with Crippen LogP contribution in [0.2, 0.25) is 0 Å². The third-order valence-electron chi connectivity index (χ3n) is 10.7. The van der Waals surface area contributed by atoms with Crippen molar-refractivity contribution in [3.05, 3.63) is 53.1 Å². The van der Waals surface area contributed by atoms with Gasteiger partial charge < -0.3 is 19.8 Å². The summed E-state index contributed by atoms with van der Waals surface area (Å²) in [6.07, 6.45) is 8.77. The van der Waals surface area contributed by atoms with Gasteiger partial charge in [0.05, 0.1) is 22.8 Å². The van der Waals surface area contributed by atoms with Crippen molar-refractivity contribution in [2.75, 3.05) is 14.1 Å². The molecule has 1 saturated carbocycles. The van der Waals surface area contributed by atoms with E-state index < -0.39 is 17.8 Å². The second-order valence-corrected chi connectivity index (χ2v) is 12.7. The molecule has 190 valence electrons. The maximum absolute atomic E-state index is 11.2. The first-order valence-corrected chi connectivity index (χ1v) is 13.2. The van der Waals surface area contributed by atoms with E-state index in [4.69, 9.17) is 4.74 Å². The minimum Gasteiger partial charge on any atom is -0.388 e. The van der Waals surface area contributed by atoms with Crippen molar-refractivity contribution in [2.45, 2.75) is 75.9 Å². The molecule has 2 fully saturated rings. The highest BCUT2D eigenvalue weighted by atomic mass is 16.5. The Hall–Kier alpha value is -2.32. The number of hydrogen-bond donors (Lipinski definition) is 3. The lowest BCUT2D eigenvalue weighted by Gasteiger charge is -2.60. The molecule has 1 unspecified atom stereocenters. The second-order valence-electron chi connectivity index (χ2n) is 12.7. The molecule has 1 aromatic carbocycles. The molecule has 3 aliphatic carbocycles. The molecule has 2 aliphatic heterocycles. The van der Waals surface area contributed by atoms with Crippen LogP contribution in [0.25, 0.3) is 16.6 Å². The highest BCUT2D eigenvalue weighted by Crippen LogP contribution is 2.71. The summed E-state index contributed by atoms with van der Waals surface area (Å²) < 4.78 is 7.30. The highest BCUT2D eigenvalue weighted by molar-refractivity contribution is 5.83. The Balaban J connectivity index is 1.37. The Morgan fingerprint density at radius 2 is 1.94 bits per heavy atom. The van der Waals surface area contributed by atoms with E-state index in [1.807, 2.05) is 25.1 Å². The number of aromatic nitrogens is 3. The third kappa shape index (κ3) is 2.57. The van der Waals surface area contributed by atoms with Gasteiger partial charge in [-0.05, 0) is 79.6 Å². The number of allylic oxidation sites excluding steroid dienone is 3. The number of rotatable bonds is 2. The average Bonchev–Trinajstić information content (AvgIpc) is 3.52. The lowest BCUT2D eigenvalue weighted by atomic mass is 9.49. The van der Waals surface area contributed by atoms with Crippen molar-refractivity contribution in [3.63, 3.8) is 0 Å². The molecular weight excluding hydrogens is 452 g/mol. The number of aromatic amines is 1. The SMILES string of the molecule is CN(C)[C@H]1C[C@@]23CC[C@@]4(O2)C(=CC(C)(C)[C@]2(C)C(c5ccc6nn[nH]c6c5)=CCC42)C=C3[C@@H](O)[C@@H]1O. The molecule has 3 heterocycles. The van der Waals surface area contributed by atoms with Gasteiger partial charge >= 0.3 is 0 Å². The third-order valence-corrected chi connectivity index (χ3v) is 10.7. The number of fused-ring (bicyclic) bond motifs is 2. The monoisotopic (exact) mass is 488 g/mol. The van der Waals surface area contributed by atoms with Crippen LogP contribution in [-0.2, 0) is 4.74 Å². The zero-order chi connectivity index (χ0) is 25.3. The van der Waals surface area contributed by atoms with Crippen LogP contribution in [0.3, 0.4) is 0 Å². The predicted octanol–water partition coefficient (Wildman–Crippen LogP) is 3.62. The first-order valence-electron chi connectivity index (χ1n) is 13.2. The number of ether oxygens (including phenoxy) is 1. The Morgan fingerprint density at radius 1 is 1.14 bits per heavy atom. The lowest BCUT2D eigenvalue weighted by Crippen LogP contribution is -2.63. The van der Waals surface area contributed by atoms with E-state index in [9.17, 15) is 10.2 Å². The highest BCUT2D eigenvalue weighted by Gasteiger charge is 2.70. The smallest absolute Gasteiger partial charge is 0.112 e. The summed E-state index contributed by atoms with van der Waals surface area (Å²) in [5.74, 6) is 0.282. The number of aliphatic hydroxyl groups excluding tert-OH is 2. The largest absolute Gasteiger partial charge is 0.388 e. The van der Waals surface area contributed by atoms with E-state index in [1.165, 1.54) is 16.7 Å². The Bertz CT molecular complexity index is 1370. The van der Waals surface area contributed by atoms with Gasteiger partial charge in [-0.15, -0.1) is 5.10 Å². The molecule has 7 atom stereocenters. The van der Waals surface area contributed by atoms with Crippen molar-refractivity contribution < 1.29 is 14.9 Å². The summed E-state index contributed by atoms with van der Waals surface area (Å²) >= 11 is 0. The van der Waals surface area contributed by atoms with Crippen LogP contribution < -0.4 is 0 Å². The average molecular weight is 489 g/mol. The van der Waals surface area contributed by atoms with Crippen molar-refractivity contribution in [1.29, 1.82) is 0 Å². The van der Waals surface area contributed by atoms with Crippen LogP contribution in [0.4, 0.5) is 0 Å². The number of benzene rings is 1. The van der Waals surface area contributed by atoms with Gasteiger partial charge in [-0.2, -0.15) is 0 Å². The Morgan fingerprint density at radius 3 is 2.72 bits per heavy atom. The Labute approximate surface area is 211 Å². The van der Waals surface area contributed by atoms with Gasteiger partial charge in [-0.3, -0.25) is 5.10 Å². The molecule has 36 heavy (non-hydrogen) atoms. The van der Waals surface area contributed by atoms with Crippen LogP contribution in [0, 0.1) is 16.7 Å². The van der Waals surface area contributed by atoms with Gasteiger partial charge in [0, 0.05) is 17.4 Å². The predicted molar refractivity (Wildman–Crippen MR) is 138 cm³/mol. The number of nitrogens with zero attached hydrogens (tertiary/aromatic N) is 3. The molecule has 2 aromatic rings. The molecule has 1 saturated heterocycles. The number of nitrogens with one attached hydrogen (secondary N) is 1. The van der Waals surface area contributed by atoms with Gasteiger partial charge in [0.15, 0.2) is 0 Å². The number of aliphatic hydroxyl groups is 2. The molecule has 2 bridgehead atoms. The molecule has 3 N–H and O–H groups in total. The van der Waals surface area contributed by atoms with E-state index in [0.717, 1.165) is 35.9 Å². The normalized spacial score (nSPS) is 42.5. The number of hydrogen-bond acceptors (Lipinski definition) is 6. The fourth-order valence-corrected chi connectivity index (χ4v) is 8.53. The molecule has 7 heteroatoms. The molecule has 5 aliphatic rings. The van der Waals surface area contributed by atoms with Gasteiger partial charge in [0.1, 0.15) is 11.6 Å². The zero-order valence-electron chi connectivity index (χ0n) is 21.7. The molecule has 2 spiro atoms. The van der Waals surface area contributed by atoms with Crippen molar-refractivity contribution in [3.8, 4) is 0 Å². The summed E-state index contributed by atoms with van der Waals surface area (Å²) in [6.45, 7) is 7.08. The van der Waals surface area contributed by atoms with E-state index in [1.54, 1.807) is 0 Å². The molecule has 0 amide bonds. The standard InChI is InChI=1S/C29H36N4O3/c1-26(2)14-17-13-19-24(34)25(35)22(33(4)5)15-28(19)10-11-29(17,36-28)23-9-7-18(27(23,26)3)16-6-8-20-21(12-16)31-32-30-20/h6-8,12-14,22-25,34-35H,9-11,15H2,1-5H3,(H,30,31,32)/t22-,23?,24+,25+,27+,28+,29+/m0/s1. The fourth-order valence-electron chi connectivity index (χ4n) is 8.53. The summed E-state index contributed by atoms with van der Waals surface area (Å²) in [4.78, 5) is 2.03. The topological polar surface area (TPSA) is 94.5 Å². The number of H-pyrrole nitrogens is 1. The minimum atomic E-state index is -0.911. The summed E-state index contributed by atoms with van der Waals surface area (Å²) in [6, 6.07) is 6.26. The summed E-state index contributed by atoms with van der Waals surface area (Å²) in [7, 11) is 3.95. The number of likely N-dealkylation sites (N-methyl/N-ethyl adjacent to an activating group) is 1. The molecular formula is C29H36N4O3. The molecule has 1 aromatic heterocycles. The maximum Gasteiger partial charge on any atom is 0.112 e. The van der Waals surface area contributed by atoms with Gasteiger partial charge in [-0.1, -0.05) is 50.3 Å². The molecule has 7 rings (SSSR count).